The predicted octanol–water partition coefficient (Wildman–Crippen LogP) is 2.33. The number of carbonyl (C=O) groups is 2. The molecule has 1 aromatic carbocycles. The van der Waals surface area contributed by atoms with Crippen molar-refractivity contribution in [3.05, 3.63) is 23.3 Å². The highest BCUT2D eigenvalue weighted by Gasteiger charge is 2.18. The van der Waals surface area contributed by atoms with E-state index in [0.29, 0.717) is 5.56 Å². The molecule has 6 nitrogen and oxygen atoms in total. The maximum absolute atomic E-state index is 12.0. The van der Waals surface area contributed by atoms with E-state index in [0.717, 1.165) is 0 Å². The van der Waals surface area contributed by atoms with Crippen molar-refractivity contribution in [2.24, 2.45) is 0 Å². The maximum atomic E-state index is 12.0. The molecule has 0 bridgehead atoms. The number of rotatable bonds is 6. The fourth-order valence-corrected chi connectivity index (χ4v) is 1.75. The van der Waals surface area contributed by atoms with Crippen LogP contribution in [0.2, 0.25) is 0 Å². The minimum absolute atomic E-state index is 0.0940. The van der Waals surface area contributed by atoms with Crippen LogP contribution in [-0.2, 0) is 14.3 Å². The highest BCUT2D eigenvalue weighted by atomic mass is 16.5. The van der Waals surface area contributed by atoms with Crippen molar-refractivity contribution in [1.82, 2.24) is 0 Å². The van der Waals surface area contributed by atoms with E-state index in [1.807, 2.05) is 0 Å². The Bertz CT molecular complexity index is 576. The zero-order valence-corrected chi connectivity index (χ0v) is 13.3. The van der Waals surface area contributed by atoms with Gasteiger partial charge in [0.25, 0.3) is 0 Å². The second kappa shape index (κ2) is 7.49. The summed E-state index contributed by atoms with van der Waals surface area (Å²) in [6.45, 7) is 4.67. The molecule has 22 heavy (non-hydrogen) atoms. The third-order valence-corrected chi connectivity index (χ3v) is 2.76. The van der Waals surface area contributed by atoms with Crippen molar-refractivity contribution < 1.29 is 28.9 Å². The Labute approximate surface area is 129 Å². The number of carbonyl (C=O) groups excluding carboxylic acids is 2. The minimum Gasteiger partial charge on any atom is -0.502 e. The van der Waals surface area contributed by atoms with E-state index in [4.69, 9.17) is 14.2 Å². The monoisotopic (exact) mass is 308 g/mol. The topological polar surface area (TPSA) is 82.1 Å². The van der Waals surface area contributed by atoms with E-state index >= 15 is 0 Å². The van der Waals surface area contributed by atoms with Crippen molar-refractivity contribution in [3.8, 4) is 17.2 Å². The summed E-state index contributed by atoms with van der Waals surface area (Å²) in [7, 11) is 2.78. The number of ketones is 1. The van der Waals surface area contributed by atoms with Crippen LogP contribution in [-0.4, -0.2) is 37.2 Å². The summed E-state index contributed by atoms with van der Waals surface area (Å²) in [5, 5.41) is 9.86. The van der Waals surface area contributed by atoms with Gasteiger partial charge >= 0.3 is 5.97 Å². The molecular formula is C16H20O6. The molecule has 0 aliphatic rings. The van der Waals surface area contributed by atoms with E-state index in [1.54, 1.807) is 13.8 Å². The zero-order valence-electron chi connectivity index (χ0n) is 13.3. The molecular weight excluding hydrogens is 288 g/mol. The molecule has 0 fully saturated rings. The highest BCUT2D eigenvalue weighted by Crippen LogP contribution is 2.37. The van der Waals surface area contributed by atoms with Crippen LogP contribution >= 0.6 is 0 Å². The molecule has 1 N–H and O–H groups in total. The van der Waals surface area contributed by atoms with E-state index in [1.165, 1.54) is 39.4 Å². The Morgan fingerprint density at radius 3 is 2.00 bits per heavy atom. The number of hydrogen-bond acceptors (Lipinski definition) is 6. The molecule has 0 aromatic heterocycles. The van der Waals surface area contributed by atoms with Gasteiger partial charge in [-0.3, -0.25) is 4.79 Å². The first-order valence-electron chi connectivity index (χ1n) is 6.68. The maximum Gasteiger partial charge on any atom is 0.342 e. The summed E-state index contributed by atoms with van der Waals surface area (Å²) in [4.78, 5) is 23.6. The molecule has 0 unspecified atom stereocenters. The van der Waals surface area contributed by atoms with Crippen LogP contribution in [0.15, 0.2) is 17.7 Å². The molecule has 0 radical (unpaired) electrons. The van der Waals surface area contributed by atoms with Crippen LogP contribution in [0, 0.1) is 0 Å². The van der Waals surface area contributed by atoms with Gasteiger partial charge in [-0.1, -0.05) is 0 Å². The number of methoxy groups -OCH3 is 2. The largest absolute Gasteiger partial charge is 0.502 e. The molecule has 1 aromatic rings. The van der Waals surface area contributed by atoms with E-state index in [9.17, 15) is 14.7 Å². The fourth-order valence-electron chi connectivity index (χ4n) is 1.75. The van der Waals surface area contributed by atoms with Crippen LogP contribution in [0.4, 0.5) is 0 Å². The lowest BCUT2D eigenvalue weighted by Crippen LogP contribution is -2.17. The first kappa shape index (κ1) is 17.6. The summed E-state index contributed by atoms with van der Waals surface area (Å²) < 4.78 is 15.1. The lowest BCUT2D eigenvalue weighted by Gasteiger charge is -2.11. The Balaban J connectivity index is 3.32. The summed E-state index contributed by atoms with van der Waals surface area (Å²) in [6.07, 6.45) is 1.04. The minimum atomic E-state index is -0.700. The molecule has 120 valence electrons. The number of Topliss-reactive ketones (excluding diaryl/α,β-unsaturated/α-hetero) is 1. The van der Waals surface area contributed by atoms with Crippen LogP contribution in [0.5, 0.6) is 17.2 Å². The molecule has 0 spiro atoms. The van der Waals surface area contributed by atoms with Gasteiger partial charge in [0.15, 0.2) is 17.3 Å². The van der Waals surface area contributed by atoms with Crippen LogP contribution in [0.25, 0.3) is 6.08 Å². The first-order chi connectivity index (χ1) is 10.3. The van der Waals surface area contributed by atoms with Gasteiger partial charge in [0.05, 0.1) is 20.3 Å². The molecule has 0 aliphatic carbocycles. The molecule has 0 heterocycles. The second-order valence-corrected chi connectivity index (χ2v) is 4.84. The smallest absolute Gasteiger partial charge is 0.342 e. The fraction of sp³-hybridized carbons (Fsp3) is 0.375. The molecule has 0 saturated heterocycles. The Kier molecular flexibility index (Phi) is 5.98. The van der Waals surface area contributed by atoms with Crippen LogP contribution < -0.4 is 9.47 Å². The first-order valence-corrected chi connectivity index (χ1v) is 6.68. The van der Waals surface area contributed by atoms with E-state index in [2.05, 4.69) is 0 Å². The molecule has 6 heteroatoms. The number of ether oxygens (including phenoxy) is 3. The number of aromatic hydroxyl groups is 1. The Hall–Kier alpha value is -2.50. The third-order valence-electron chi connectivity index (χ3n) is 2.76. The van der Waals surface area contributed by atoms with Gasteiger partial charge in [0, 0.05) is 0 Å². The van der Waals surface area contributed by atoms with Gasteiger partial charge in [0.1, 0.15) is 5.57 Å². The molecule has 0 aliphatic heterocycles. The third kappa shape index (κ3) is 4.25. The van der Waals surface area contributed by atoms with Gasteiger partial charge in [0.2, 0.25) is 5.75 Å². The summed E-state index contributed by atoms with van der Waals surface area (Å²) in [5.41, 5.74) is 0.376. The number of phenolic OH excluding ortho intramolecular Hbond substituents is 1. The van der Waals surface area contributed by atoms with Crippen molar-refractivity contribution >= 4 is 17.8 Å². The average molecular weight is 308 g/mol. The zero-order chi connectivity index (χ0) is 16.9. The summed E-state index contributed by atoms with van der Waals surface area (Å²) >= 11 is 0. The van der Waals surface area contributed by atoms with Gasteiger partial charge in [-0.25, -0.2) is 4.79 Å². The number of hydrogen-bond donors (Lipinski definition) is 1. The van der Waals surface area contributed by atoms with Crippen LogP contribution in [0.1, 0.15) is 26.3 Å². The van der Waals surface area contributed by atoms with Gasteiger partial charge in [-0.05, 0) is 44.5 Å². The average Bonchev–Trinajstić information content (AvgIpc) is 2.44. The van der Waals surface area contributed by atoms with Crippen molar-refractivity contribution in [3.63, 3.8) is 0 Å². The lowest BCUT2D eigenvalue weighted by molar-refractivity contribution is -0.143. The molecule has 0 amide bonds. The normalized spacial score (nSPS) is 11.3. The summed E-state index contributed by atoms with van der Waals surface area (Å²) in [5.74, 6) is -0.932. The number of benzene rings is 1. The van der Waals surface area contributed by atoms with Gasteiger partial charge in [-0.15, -0.1) is 0 Å². The van der Waals surface area contributed by atoms with Crippen molar-refractivity contribution in [2.45, 2.75) is 26.9 Å². The molecule has 0 atom stereocenters. The standard InChI is InChI=1S/C16H20O6/c1-9(2)22-16(19)12(10(3)17)6-11-7-13(20-4)15(18)14(8-11)21-5/h6-9,18H,1-5H3/b12-6+. The molecule has 0 saturated carbocycles. The lowest BCUT2D eigenvalue weighted by atomic mass is 10.1. The van der Waals surface area contributed by atoms with Crippen molar-refractivity contribution in [1.29, 1.82) is 0 Å². The quantitative estimate of drug-likeness (QED) is 0.376. The number of esters is 1. The van der Waals surface area contributed by atoms with Gasteiger partial charge < -0.3 is 19.3 Å². The number of phenols is 1. The Morgan fingerprint density at radius 1 is 1.14 bits per heavy atom. The second-order valence-electron chi connectivity index (χ2n) is 4.84. The predicted molar refractivity (Wildman–Crippen MR) is 81.1 cm³/mol. The Morgan fingerprint density at radius 2 is 1.64 bits per heavy atom. The summed E-state index contributed by atoms with van der Waals surface area (Å²) in [6, 6.07) is 2.98. The van der Waals surface area contributed by atoms with E-state index in [-0.39, 0.29) is 28.9 Å². The van der Waals surface area contributed by atoms with Crippen LogP contribution in [0.3, 0.4) is 0 Å². The van der Waals surface area contributed by atoms with Gasteiger partial charge in [-0.2, -0.15) is 0 Å². The highest BCUT2D eigenvalue weighted by molar-refractivity contribution is 6.19. The van der Waals surface area contributed by atoms with E-state index < -0.39 is 11.8 Å². The molecule has 1 rings (SSSR count). The SMILES string of the molecule is COc1cc(/C=C(\C(C)=O)C(=O)OC(C)C)cc(OC)c1O. The van der Waals surface area contributed by atoms with Crippen molar-refractivity contribution in [2.75, 3.05) is 14.2 Å².